The monoisotopic (exact) mass is 379 g/mol. The number of rotatable bonds is 2. The summed E-state index contributed by atoms with van der Waals surface area (Å²) in [6.07, 6.45) is 0. The van der Waals surface area contributed by atoms with Gasteiger partial charge in [0.1, 0.15) is 5.82 Å². The van der Waals surface area contributed by atoms with E-state index in [0.717, 1.165) is 6.07 Å². The van der Waals surface area contributed by atoms with Crippen LogP contribution in [0.1, 0.15) is 10.4 Å². The van der Waals surface area contributed by atoms with Gasteiger partial charge in [-0.25, -0.2) is 8.78 Å². The molecule has 0 heterocycles. The number of carbonyl (C=O) groups is 1. The standard InChI is InChI=1S/C13H6BrCl2F2NO/c14-8-3-6(1-2-9(8)15)13(20)19-12-10(16)4-7(17)5-11(12)18/h1-5H,(H,19,20). The van der Waals surface area contributed by atoms with Gasteiger partial charge in [-0.15, -0.1) is 0 Å². The van der Waals surface area contributed by atoms with Gasteiger partial charge in [-0.1, -0.05) is 23.2 Å². The molecule has 2 aromatic carbocycles. The summed E-state index contributed by atoms with van der Waals surface area (Å²) in [7, 11) is 0. The minimum absolute atomic E-state index is 0.219. The van der Waals surface area contributed by atoms with E-state index in [2.05, 4.69) is 21.2 Å². The Balaban J connectivity index is 2.30. The number of hydrogen-bond donors (Lipinski definition) is 1. The predicted octanol–water partition coefficient (Wildman–Crippen LogP) is 5.29. The van der Waals surface area contributed by atoms with Crippen LogP contribution in [0.4, 0.5) is 14.5 Å². The second-order valence-corrected chi connectivity index (χ2v) is 5.50. The van der Waals surface area contributed by atoms with Crippen molar-refractivity contribution in [3.8, 4) is 0 Å². The quantitative estimate of drug-likeness (QED) is 0.753. The Labute approximate surface area is 131 Å². The molecular formula is C13H6BrCl2F2NO. The molecule has 20 heavy (non-hydrogen) atoms. The molecule has 1 N–H and O–H groups in total. The SMILES string of the molecule is O=C(Nc1c(F)cc(F)cc1Cl)c1ccc(Cl)c(Br)c1. The molecule has 0 aliphatic rings. The lowest BCUT2D eigenvalue weighted by molar-refractivity contribution is 0.102. The van der Waals surface area contributed by atoms with Crippen molar-refractivity contribution in [3.63, 3.8) is 0 Å². The zero-order valence-corrected chi connectivity index (χ0v) is 12.8. The van der Waals surface area contributed by atoms with Crippen LogP contribution in [0.5, 0.6) is 0 Å². The van der Waals surface area contributed by atoms with Crippen LogP contribution in [-0.4, -0.2) is 5.91 Å². The smallest absolute Gasteiger partial charge is 0.255 e. The van der Waals surface area contributed by atoms with E-state index in [1.807, 2.05) is 0 Å². The fourth-order valence-corrected chi connectivity index (χ4v) is 2.22. The fraction of sp³-hybridized carbons (Fsp3) is 0. The summed E-state index contributed by atoms with van der Waals surface area (Å²) in [5.41, 5.74) is -0.0230. The lowest BCUT2D eigenvalue weighted by Crippen LogP contribution is -2.13. The molecule has 0 bridgehead atoms. The van der Waals surface area contributed by atoms with Gasteiger partial charge in [0.05, 0.1) is 15.7 Å². The van der Waals surface area contributed by atoms with Crippen molar-refractivity contribution in [2.24, 2.45) is 0 Å². The first-order valence-corrected chi connectivity index (χ1v) is 6.84. The Hall–Kier alpha value is -1.17. The van der Waals surface area contributed by atoms with E-state index >= 15 is 0 Å². The third kappa shape index (κ3) is 3.29. The van der Waals surface area contributed by atoms with Crippen LogP contribution >= 0.6 is 39.1 Å². The third-order valence-electron chi connectivity index (χ3n) is 2.43. The van der Waals surface area contributed by atoms with Gasteiger partial charge in [-0.05, 0) is 40.2 Å². The van der Waals surface area contributed by atoms with Gasteiger partial charge in [0.2, 0.25) is 0 Å². The number of halogens is 5. The first-order valence-electron chi connectivity index (χ1n) is 5.29. The van der Waals surface area contributed by atoms with Crippen LogP contribution in [0, 0.1) is 11.6 Å². The molecule has 0 atom stereocenters. The van der Waals surface area contributed by atoms with Crippen LogP contribution in [0.25, 0.3) is 0 Å². The van der Waals surface area contributed by atoms with Gasteiger partial charge in [-0.2, -0.15) is 0 Å². The van der Waals surface area contributed by atoms with Crippen molar-refractivity contribution in [1.29, 1.82) is 0 Å². The van der Waals surface area contributed by atoms with Crippen LogP contribution in [0.15, 0.2) is 34.8 Å². The number of amides is 1. The average Bonchev–Trinajstić information content (AvgIpc) is 2.36. The minimum Gasteiger partial charge on any atom is -0.318 e. The van der Waals surface area contributed by atoms with Gasteiger partial charge in [0, 0.05) is 16.1 Å². The van der Waals surface area contributed by atoms with Crippen molar-refractivity contribution in [2.45, 2.75) is 0 Å². The molecule has 104 valence electrons. The normalized spacial score (nSPS) is 10.4. The van der Waals surface area contributed by atoms with E-state index in [4.69, 9.17) is 23.2 Å². The maximum Gasteiger partial charge on any atom is 0.255 e. The Bertz CT molecular complexity index is 671. The number of nitrogens with one attached hydrogen (secondary N) is 1. The molecule has 0 aromatic heterocycles. The maximum atomic E-state index is 13.6. The largest absolute Gasteiger partial charge is 0.318 e. The summed E-state index contributed by atoms with van der Waals surface area (Å²) < 4.78 is 27.0. The molecule has 1 amide bonds. The highest BCUT2D eigenvalue weighted by Gasteiger charge is 2.15. The highest BCUT2D eigenvalue weighted by Crippen LogP contribution is 2.28. The number of carbonyl (C=O) groups excluding carboxylic acids is 1. The van der Waals surface area contributed by atoms with Gasteiger partial charge in [-0.3, -0.25) is 4.79 Å². The van der Waals surface area contributed by atoms with Crippen molar-refractivity contribution < 1.29 is 13.6 Å². The maximum absolute atomic E-state index is 13.6. The molecule has 7 heteroatoms. The van der Waals surface area contributed by atoms with Gasteiger partial charge < -0.3 is 5.32 Å². The zero-order valence-electron chi connectivity index (χ0n) is 9.68. The molecule has 2 rings (SSSR count). The zero-order chi connectivity index (χ0) is 14.9. The summed E-state index contributed by atoms with van der Waals surface area (Å²) in [5, 5.41) is 2.51. The second-order valence-electron chi connectivity index (χ2n) is 3.83. The third-order valence-corrected chi connectivity index (χ3v) is 3.94. The molecule has 0 spiro atoms. The Kier molecular flexibility index (Phi) is 4.62. The number of hydrogen-bond acceptors (Lipinski definition) is 1. The average molecular weight is 381 g/mol. The van der Waals surface area contributed by atoms with Crippen molar-refractivity contribution >= 4 is 50.7 Å². The lowest BCUT2D eigenvalue weighted by atomic mass is 10.2. The van der Waals surface area contributed by atoms with Crippen molar-refractivity contribution in [3.05, 3.63) is 62.0 Å². The van der Waals surface area contributed by atoms with E-state index in [9.17, 15) is 13.6 Å². The van der Waals surface area contributed by atoms with E-state index in [1.165, 1.54) is 18.2 Å². The van der Waals surface area contributed by atoms with Gasteiger partial charge in [0.15, 0.2) is 5.82 Å². The molecule has 0 radical (unpaired) electrons. The van der Waals surface area contributed by atoms with Crippen LogP contribution < -0.4 is 5.32 Å². The molecule has 0 aliphatic heterocycles. The van der Waals surface area contributed by atoms with Gasteiger partial charge in [0.25, 0.3) is 5.91 Å². The number of anilines is 1. The molecule has 0 unspecified atom stereocenters. The highest BCUT2D eigenvalue weighted by molar-refractivity contribution is 9.10. The summed E-state index contributed by atoms with van der Waals surface area (Å²) in [5.74, 6) is -2.36. The molecule has 2 aromatic rings. The predicted molar refractivity (Wildman–Crippen MR) is 78.5 cm³/mol. The second kappa shape index (κ2) is 6.08. The Morgan fingerprint density at radius 1 is 1.10 bits per heavy atom. The summed E-state index contributed by atoms with van der Waals surface area (Å²) >= 11 is 14.7. The van der Waals surface area contributed by atoms with E-state index in [1.54, 1.807) is 0 Å². The topological polar surface area (TPSA) is 29.1 Å². The Morgan fingerprint density at radius 2 is 1.80 bits per heavy atom. The lowest BCUT2D eigenvalue weighted by Gasteiger charge is -2.09. The molecule has 2 nitrogen and oxygen atoms in total. The van der Waals surface area contributed by atoms with E-state index in [0.29, 0.717) is 15.6 Å². The summed E-state index contributed by atoms with van der Waals surface area (Å²) in [6, 6.07) is 6.02. The summed E-state index contributed by atoms with van der Waals surface area (Å²) in [6.45, 7) is 0. The first kappa shape index (κ1) is 15.2. The fourth-order valence-electron chi connectivity index (χ4n) is 1.48. The minimum atomic E-state index is -0.948. The van der Waals surface area contributed by atoms with Crippen LogP contribution in [0.3, 0.4) is 0 Å². The highest BCUT2D eigenvalue weighted by atomic mass is 79.9. The molecular weight excluding hydrogens is 375 g/mol. The van der Waals surface area contributed by atoms with Crippen LogP contribution in [0.2, 0.25) is 10.0 Å². The van der Waals surface area contributed by atoms with Crippen molar-refractivity contribution in [2.75, 3.05) is 5.32 Å². The molecule has 0 aliphatic carbocycles. The molecule has 0 saturated heterocycles. The van der Waals surface area contributed by atoms with Crippen molar-refractivity contribution in [1.82, 2.24) is 0 Å². The Morgan fingerprint density at radius 3 is 2.40 bits per heavy atom. The summed E-state index contributed by atoms with van der Waals surface area (Å²) in [4.78, 5) is 12.0. The number of benzene rings is 2. The first-order chi connectivity index (χ1) is 9.38. The van der Waals surface area contributed by atoms with Gasteiger partial charge >= 0.3 is 0 Å². The molecule has 0 saturated carbocycles. The van der Waals surface area contributed by atoms with Crippen LogP contribution in [-0.2, 0) is 0 Å². The molecule has 0 fully saturated rings. The van der Waals surface area contributed by atoms with E-state index in [-0.39, 0.29) is 16.3 Å². The van der Waals surface area contributed by atoms with E-state index < -0.39 is 17.5 Å².